The van der Waals surface area contributed by atoms with Crippen molar-refractivity contribution < 1.29 is 0 Å². The van der Waals surface area contributed by atoms with E-state index in [4.69, 9.17) is 9.97 Å². The molecule has 7 aromatic carbocycles. The molecule has 9 rings (SSSR count). The van der Waals surface area contributed by atoms with Gasteiger partial charge in [-0.1, -0.05) is 127 Å². The van der Waals surface area contributed by atoms with Crippen LogP contribution in [0, 0.1) is 0 Å². The summed E-state index contributed by atoms with van der Waals surface area (Å²) in [5, 5.41) is 8.70. The maximum atomic E-state index is 5.16. The van der Waals surface area contributed by atoms with Gasteiger partial charge in [-0.05, 0) is 61.6 Å². The Kier molecular flexibility index (Phi) is 5.50. The minimum Gasteiger partial charge on any atom is -0.256 e. The molecule has 44 heavy (non-hydrogen) atoms. The van der Waals surface area contributed by atoms with Crippen LogP contribution in [0.25, 0.3) is 88.2 Å². The van der Waals surface area contributed by atoms with E-state index in [9.17, 15) is 0 Å². The van der Waals surface area contributed by atoms with Gasteiger partial charge < -0.3 is 0 Å². The van der Waals surface area contributed by atoms with Crippen LogP contribution < -0.4 is 0 Å². The number of aromatic nitrogens is 3. The van der Waals surface area contributed by atoms with E-state index in [2.05, 4.69) is 126 Å². The first kappa shape index (κ1) is 24.6. The van der Waals surface area contributed by atoms with Gasteiger partial charge in [-0.3, -0.25) is 4.98 Å². The van der Waals surface area contributed by atoms with Gasteiger partial charge in [0, 0.05) is 28.3 Å². The summed E-state index contributed by atoms with van der Waals surface area (Å²) in [4.78, 5) is 14.8. The van der Waals surface area contributed by atoms with Crippen molar-refractivity contribution >= 4 is 43.2 Å². The number of rotatable bonds is 4. The summed E-state index contributed by atoms with van der Waals surface area (Å²) in [5.74, 6) is 0.716. The number of para-hydroxylation sites is 1. The van der Waals surface area contributed by atoms with Gasteiger partial charge in [0.2, 0.25) is 0 Å². The average Bonchev–Trinajstić information content (AvgIpc) is 3.10. The lowest BCUT2D eigenvalue weighted by atomic mass is 9.91. The minimum atomic E-state index is 0.716. The van der Waals surface area contributed by atoms with E-state index in [0.717, 1.165) is 44.5 Å². The maximum Gasteiger partial charge on any atom is 0.160 e. The van der Waals surface area contributed by atoms with E-state index in [1.54, 1.807) is 0 Å². The number of nitrogens with zero attached hydrogens (tertiary/aromatic N) is 3. The second-order valence-corrected chi connectivity index (χ2v) is 11.3. The second-order valence-electron chi connectivity index (χ2n) is 11.3. The first-order valence-corrected chi connectivity index (χ1v) is 14.9. The fourth-order valence-corrected chi connectivity index (χ4v) is 6.58. The quantitative estimate of drug-likeness (QED) is 0.201. The topological polar surface area (TPSA) is 38.7 Å². The predicted octanol–water partition coefficient (Wildman–Crippen LogP) is 10.6. The Bertz CT molecular complexity index is 2460. The van der Waals surface area contributed by atoms with Crippen molar-refractivity contribution in [3.05, 3.63) is 152 Å². The van der Waals surface area contributed by atoms with E-state index >= 15 is 0 Å². The molecule has 0 saturated heterocycles. The summed E-state index contributed by atoms with van der Waals surface area (Å²) >= 11 is 0. The number of pyridine rings is 1. The van der Waals surface area contributed by atoms with Crippen LogP contribution in [0.4, 0.5) is 0 Å². The van der Waals surface area contributed by atoms with Gasteiger partial charge >= 0.3 is 0 Å². The molecule has 9 aromatic rings. The molecular formula is C41H25N3. The third kappa shape index (κ3) is 3.94. The zero-order valence-electron chi connectivity index (χ0n) is 23.8. The van der Waals surface area contributed by atoms with Crippen molar-refractivity contribution in [3.8, 4) is 45.0 Å². The molecule has 0 aliphatic carbocycles. The second kappa shape index (κ2) is 9.82. The molecule has 0 amide bonds. The van der Waals surface area contributed by atoms with Crippen LogP contribution in [-0.4, -0.2) is 15.0 Å². The van der Waals surface area contributed by atoms with Crippen LogP contribution in [0.1, 0.15) is 0 Å². The van der Waals surface area contributed by atoms with Crippen molar-refractivity contribution in [2.24, 2.45) is 0 Å². The first-order valence-electron chi connectivity index (χ1n) is 14.9. The average molecular weight is 560 g/mol. The number of hydrogen-bond donors (Lipinski definition) is 0. The molecular weight excluding hydrogens is 534 g/mol. The smallest absolute Gasteiger partial charge is 0.160 e. The van der Waals surface area contributed by atoms with Crippen molar-refractivity contribution in [2.45, 2.75) is 0 Å². The lowest BCUT2D eigenvalue weighted by Crippen LogP contribution is -1.97. The molecule has 0 N–H and O–H groups in total. The molecule has 0 aliphatic heterocycles. The molecule has 0 unspecified atom stereocenters. The van der Waals surface area contributed by atoms with Gasteiger partial charge in [-0.2, -0.15) is 0 Å². The number of fused-ring (bicyclic) bond motifs is 1. The Morgan fingerprint density at radius 3 is 1.91 bits per heavy atom. The van der Waals surface area contributed by atoms with E-state index in [0.29, 0.717) is 5.82 Å². The minimum absolute atomic E-state index is 0.716. The Hall–Kier alpha value is -5.93. The van der Waals surface area contributed by atoms with Crippen molar-refractivity contribution in [1.29, 1.82) is 0 Å². The summed E-state index contributed by atoms with van der Waals surface area (Å²) in [6, 6.07) is 51.3. The molecule has 3 heteroatoms. The molecule has 3 nitrogen and oxygen atoms in total. The van der Waals surface area contributed by atoms with Crippen molar-refractivity contribution in [1.82, 2.24) is 15.0 Å². The molecule has 0 atom stereocenters. The van der Waals surface area contributed by atoms with Gasteiger partial charge in [-0.15, -0.1) is 0 Å². The summed E-state index contributed by atoms with van der Waals surface area (Å²) in [7, 11) is 0. The summed E-state index contributed by atoms with van der Waals surface area (Å²) < 4.78 is 0. The molecule has 0 radical (unpaired) electrons. The first-order chi connectivity index (χ1) is 21.8. The summed E-state index contributed by atoms with van der Waals surface area (Å²) in [5.41, 5.74) is 8.27. The van der Waals surface area contributed by atoms with Crippen LogP contribution in [-0.2, 0) is 0 Å². The zero-order chi connectivity index (χ0) is 29.0. The van der Waals surface area contributed by atoms with E-state index < -0.39 is 0 Å². The van der Waals surface area contributed by atoms with Crippen LogP contribution in [0.3, 0.4) is 0 Å². The monoisotopic (exact) mass is 559 g/mol. The molecule has 204 valence electrons. The Morgan fingerprint density at radius 1 is 0.386 bits per heavy atom. The fraction of sp³-hybridized carbons (Fsp3) is 0. The molecule has 0 bridgehead atoms. The molecule has 2 aromatic heterocycles. The Balaban J connectivity index is 1.23. The summed E-state index contributed by atoms with van der Waals surface area (Å²) in [6.07, 6.45) is 1.88. The Morgan fingerprint density at radius 2 is 1.07 bits per heavy atom. The van der Waals surface area contributed by atoms with E-state index in [-0.39, 0.29) is 0 Å². The molecule has 0 fully saturated rings. The maximum absolute atomic E-state index is 5.16. The highest BCUT2D eigenvalue weighted by Gasteiger charge is 2.16. The van der Waals surface area contributed by atoms with Crippen LogP contribution >= 0.6 is 0 Å². The summed E-state index contributed by atoms with van der Waals surface area (Å²) in [6.45, 7) is 0. The predicted molar refractivity (Wildman–Crippen MR) is 183 cm³/mol. The SMILES string of the molecule is c1ccc(-c2nc(-c3ccc(-c4ccnc5ccccc45)cc3)cc(-c3ccc4ccc5cccc6ccc3c4c56)n2)cc1. The van der Waals surface area contributed by atoms with Crippen LogP contribution in [0.5, 0.6) is 0 Å². The van der Waals surface area contributed by atoms with Gasteiger partial charge in [0.25, 0.3) is 0 Å². The van der Waals surface area contributed by atoms with E-state index in [1.807, 2.05) is 30.5 Å². The van der Waals surface area contributed by atoms with Gasteiger partial charge in [-0.25, -0.2) is 9.97 Å². The highest BCUT2D eigenvalue weighted by atomic mass is 14.9. The Labute approximate surface area is 254 Å². The highest BCUT2D eigenvalue weighted by Crippen LogP contribution is 2.40. The molecule has 0 spiro atoms. The molecule has 0 aliphatic rings. The lowest BCUT2D eigenvalue weighted by Gasteiger charge is -2.15. The van der Waals surface area contributed by atoms with Crippen molar-refractivity contribution in [2.75, 3.05) is 0 Å². The van der Waals surface area contributed by atoms with Crippen LogP contribution in [0.15, 0.2) is 152 Å². The zero-order valence-corrected chi connectivity index (χ0v) is 23.8. The lowest BCUT2D eigenvalue weighted by molar-refractivity contribution is 1.19. The van der Waals surface area contributed by atoms with Crippen molar-refractivity contribution in [3.63, 3.8) is 0 Å². The third-order valence-corrected chi connectivity index (χ3v) is 8.70. The number of benzene rings is 7. The molecule has 2 heterocycles. The third-order valence-electron chi connectivity index (χ3n) is 8.70. The number of hydrogen-bond acceptors (Lipinski definition) is 3. The van der Waals surface area contributed by atoms with Crippen LogP contribution in [0.2, 0.25) is 0 Å². The fourth-order valence-electron chi connectivity index (χ4n) is 6.58. The van der Waals surface area contributed by atoms with Gasteiger partial charge in [0.15, 0.2) is 5.82 Å². The highest BCUT2D eigenvalue weighted by molar-refractivity contribution is 6.25. The van der Waals surface area contributed by atoms with Gasteiger partial charge in [0.1, 0.15) is 0 Å². The largest absolute Gasteiger partial charge is 0.256 e. The molecule has 0 saturated carbocycles. The standard InChI is InChI=1S/C41H25N3/c1-2-7-31(8-3-1)41-43-37(27-15-13-26(14-16-27)32-23-24-42-36-12-5-4-11-33(32)36)25-38(44-41)34-21-19-30-18-17-28-9-6-10-29-20-22-35(34)40(30)39(28)29/h1-25H. The normalized spacial score (nSPS) is 11.6. The van der Waals surface area contributed by atoms with Gasteiger partial charge in [0.05, 0.1) is 16.9 Å². The van der Waals surface area contributed by atoms with E-state index in [1.165, 1.54) is 37.9 Å².